The number of hydrogen-bond donors (Lipinski definition) is 2. The minimum Gasteiger partial charge on any atom is -0.322 e. The zero-order chi connectivity index (χ0) is 14.5. The van der Waals surface area contributed by atoms with Gasteiger partial charge in [0.25, 0.3) is 0 Å². The molecule has 1 atom stereocenters. The third kappa shape index (κ3) is 4.29. The molecular formula is C13H16N4OS2. The minimum atomic E-state index is -0.167. The number of nitrogens with zero attached hydrogens (tertiary/aromatic N) is 2. The topological polar surface area (TPSA) is 80.9 Å². The second-order valence-corrected chi connectivity index (χ2v) is 6.44. The van der Waals surface area contributed by atoms with Crippen molar-refractivity contribution in [3.05, 3.63) is 34.8 Å². The van der Waals surface area contributed by atoms with Crippen LogP contribution in [0, 0.1) is 6.92 Å². The van der Waals surface area contributed by atoms with Crippen LogP contribution in [0.15, 0.2) is 29.2 Å². The summed E-state index contributed by atoms with van der Waals surface area (Å²) in [5, 5.41) is 11.7. The molecule has 20 heavy (non-hydrogen) atoms. The van der Waals surface area contributed by atoms with E-state index in [9.17, 15) is 4.79 Å². The number of carbonyl (C=O) groups is 1. The fourth-order valence-corrected chi connectivity index (χ4v) is 2.82. The van der Waals surface area contributed by atoms with Crippen molar-refractivity contribution in [3.8, 4) is 0 Å². The van der Waals surface area contributed by atoms with Crippen molar-refractivity contribution >= 4 is 34.1 Å². The summed E-state index contributed by atoms with van der Waals surface area (Å²) < 4.78 is 0. The van der Waals surface area contributed by atoms with Crippen LogP contribution in [0.5, 0.6) is 0 Å². The van der Waals surface area contributed by atoms with Crippen molar-refractivity contribution in [2.75, 3.05) is 11.1 Å². The van der Waals surface area contributed by atoms with Crippen LogP contribution in [0.3, 0.4) is 0 Å². The highest BCUT2D eigenvalue weighted by Gasteiger charge is 2.10. The number of nitrogens with one attached hydrogen (secondary N) is 1. The molecule has 2 aromatic rings. The molecule has 1 aromatic carbocycles. The monoisotopic (exact) mass is 308 g/mol. The predicted molar refractivity (Wildman–Crippen MR) is 83.0 cm³/mol. The lowest BCUT2D eigenvalue weighted by molar-refractivity contribution is -0.113. The van der Waals surface area contributed by atoms with Gasteiger partial charge in [0.15, 0.2) is 0 Å². The molecule has 1 amide bonds. The van der Waals surface area contributed by atoms with Crippen LogP contribution < -0.4 is 11.1 Å². The van der Waals surface area contributed by atoms with E-state index in [1.165, 1.54) is 28.7 Å². The Morgan fingerprint density at radius 3 is 2.70 bits per heavy atom. The molecule has 0 spiro atoms. The second-order valence-electron chi connectivity index (χ2n) is 4.38. The average Bonchev–Trinajstić information content (AvgIpc) is 2.87. The molecule has 0 bridgehead atoms. The number of carbonyl (C=O) groups excluding carboxylic acids is 1. The first kappa shape index (κ1) is 15.0. The lowest BCUT2D eigenvalue weighted by atomic mass is 10.2. The molecule has 0 aliphatic carbocycles. The Bertz CT molecular complexity index is 580. The summed E-state index contributed by atoms with van der Waals surface area (Å²) in [6, 6.07) is 7.90. The third-order valence-corrected chi connectivity index (χ3v) is 4.52. The van der Waals surface area contributed by atoms with Crippen LogP contribution in [0.1, 0.15) is 23.5 Å². The van der Waals surface area contributed by atoms with Crippen molar-refractivity contribution in [3.63, 3.8) is 0 Å². The third-order valence-electron chi connectivity index (χ3n) is 2.47. The number of anilines is 1. The SMILES string of the molecule is Cc1ccc(SCC(=O)Nc2nnc(C(C)N)s2)cc1. The maximum atomic E-state index is 11.8. The Labute approximate surface area is 126 Å². The van der Waals surface area contributed by atoms with Crippen molar-refractivity contribution in [2.24, 2.45) is 5.73 Å². The Morgan fingerprint density at radius 2 is 2.10 bits per heavy atom. The lowest BCUT2D eigenvalue weighted by Gasteiger charge is -2.02. The van der Waals surface area contributed by atoms with Gasteiger partial charge in [-0.05, 0) is 26.0 Å². The normalized spacial score (nSPS) is 12.2. The van der Waals surface area contributed by atoms with E-state index < -0.39 is 0 Å². The minimum absolute atomic E-state index is 0.0945. The number of benzene rings is 1. The van der Waals surface area contributed by atoms with Gasteiger partial charge in [0, 0.05) is 4.90 Å². The van der Waals surface area contributed by atoms with Gasteiger partial charge >= 0.3 is 0 Å². The Balaban J connectivity index is 1.84. The largest absolute Gasteiger partial charge is 0.322 e. The Hall–Kier alpha value is -1.44. The number of aromatic nitrogens is 2. The fourth-order valence-electron chi connectivity index (χ4n) is 1.41. The van der Waals surface area contributed by atoms with Crippen molar-refractivity contribution < 1.29 is 4.79 Å². The predicted octanol–water partition coefficient (Wildman–Crippen LogP) is 2.60. The van der Waals surface area contributed by atoms with Crippen molar-refractivity contribution in [1.29, 1.82) is 0 Å². The summed E-state index contributed by atoms with van der Waals surface area (Å²) >= 11 is 2.79. The van der Waals surface area contributed by atoms with Crippen LogP contribution in [-0.4, -0.2) is 21.9 Å². The summed E-state index contributed by atoms with van der Waals surface area (Å²) in [6.45, 7) is 3.87. The first-order valence-corrected chi connectivity index (χ1v) is 7.93. The number of hydrogen-bond acceptors (Lipinski definition) is 6. The first-order chi connectivity index (χ1) is 9.54. The Morgan fingerprint density at radius 1 is 1.40 bits per heavy atom. The van der Waals surface area contributed by atoms with E-state index in [0.29, 0.717) is 15.9 Å². The zero-order valence-electron chi connectivity index (χ0n) is 11.3. The quantitative estimate of drug-likeness (QED) is 0.830. The molecule has 1 unspecified atom stereocenters. The maximum absolute atomic E-state index is 11.8. The highest BCUT2D eigenvalue weighted by atomic mass is 32.2. The first-order valence-electron chi connectivity index (χ1n) is 6.13. The molecule has 1 heterocycles. The summed E-state index contributed by atoms with van der Waals surface area (Å²) in [7, 11) is 0. The average molecular weight is 308 g/mol. The van der Waals surface area contributed by atoms with Gasteiger partial charge in [0.05, 0.1) is 11.8 Å². The molecule has 106 valence electrons. The van der Waals surface area contributed by atoms with E-state index in [4.69, 9.17) is 5.73 Å². The molecule has 2 rings (SSSR count). The molecule has 0 aliphatic rings. The van der Waals surface area contributed by atoms with Gasteiger partial charge < -0.3 is 5.73 Å². The molecule has 0 saturated carbocycles. The molecule has 0 radical (unpaired) electrons. The van der Waals surface area contributed by atoms with E-state index in [2.05, 4.69) is 15.5 Å². The van der Waals surface area contributed by atoms with Gasteiger partial charge in [-0.3, -0.25) is 10.1 Å². The highest BCUT2D eigenvalue weighted by Crippen LogP contribution is 2.21. The van der Waals surface area contributed by atoms with Crippen molar-refractivity contribution in [2.45, 2.75) is 24.8 Å². The zero-order valence-corrected chi connectivity index (χ0v) is 12.9. The van der Waals surface area contributed by atoms with Crippen LogP contribution in [0.25, 0.3) is 0 Å². The standard InChI is InChI=1S/C13H16N4OS2/c1-8-3-5-10(6-4-8)19-7-11(18)15-13-17-16-12(20-13)9(2)14/h3-6,9H,7,14H2,1-2H3,(H,15,17,18). The summed E-state index contributed by atoms with van der Waals surface area (Å²) in [5.41, 5.74) is 6.90. The van der Waals surface area contributed by atoms with Gasteiger partial charge in [0.1, 0.15) is 5.01 Å². The summed E-state index contributed by atoms with van der Waals surface area (Å²) in [4.78, 5) is 12.9. The van der Waals surface area contributed by atoms with E-state index in [1.807, 2.05) is 38.1 Å². The molecular weight excluding hydrogens is 292 g/mol. The number of amides is 1. The van der Waals surface area contributed by atoms with Crippen LogP contribution in [0.4, 0.5) is 5.13 Å². The van der Waals surface area contributed by atoms with Crippen LogP contribution in [-0.2, 0) is 4.79 Å². The number of thioether (sulfide) groups is 1. The van der Waals surface area contributed by atoms with Crippen LogP contribution in [0.2, 0.25) is 0 Å². The number of aryl methyl sites for hydroxylation is 1. The highest BCUT2D eigenvalue weighted by molar-refractivity contribution is 8.00. The summed E-state index contributed by atoms with van der Waals surface area (Å²) in [5.74, 6) is 0.249. The smallest absolute Gasteiger partial charge is 0.236 e. The molecule has 1 aromatic heterocycles. The van der Waals surface area contributed by atoms with Gasteiger partial charge in [-0.1, -0.05) is 29.0 Å². The summed E-state index contributed by atoms with van der Waals surface area (Å²) in [6.07, 6.45) is 0. The maximum Gasteiger partial charge on any atom is 0.236 e. The van der Waals surface area contributed by atoms with E-state index in [0.717, 1.165) is 4.90 Å². The van der Waals surface area contributed by atoms with Crippen molar-refractivity contribution in [1.82, 2.24) is 10.2 Å². The van der Waals surface area contributed by atoms with E-state index in [1.54, 1.807) is 0 Å². The van der Waals surface area contributed by atoms with Gasteiger partial charge in [0.2, 0.25) is 11.0 Å². The van der Waals surface area contributed by atoms with E-state index >= 15 is 0 Å². The molecule has 7 heteroatoms. The number of rotatable bonds is 5. The second kappa shape index (κ2) is 6.83. The van der Waals surface area contributed by atoms with Crippen LogP contribution >= 0.6 is 23.1 Å². The molecule has 3 N–H and O–H groups in total. The number of nitrogens with two attached hydrogens (primary N) is 1. The van der Waals surface area contributed by atoms with Gasteiger partial charge in [-0.25, -0.2) is 0 Å². The molecule has 0 fully saturated rings. The molecule has 5 nitrogen and oxygen atoms in total. The molecule has 0 aliphatic heterocycles. The van der Waals surface area contributed by atoms with Gasteiger partial charge in [-0.15, -0.1) is 22.0 Å². The fraction of sp³-hybridized carbons (Fsp3) is 0.308. The van der Waals surface area contributed by atoms with E-state index in [-0.39, 0.29) is 11.9 Å². The Kier molecular flexibility index (Phi) is 5.11. The molecule has 0 saturated heterocycles. The van der Waals surface area contributed by atoms with Gasteiger partial charge in [-0.2, -0.15) is 0 Å². The lowest BCUT2D eigenvalue weighted by Crippen LogP contribution is -2.13.